The molecule has 0 radical (unpaired) electrons. The second kappa shape index (κ2) is 4.96. The molecular weight excluding hydrogens is 276 g/mol. The van der Waals surface area contributed by atoms with Crippen LogP contribution in [0.15, 0.2) is 46.1 Å². The van der Waals surface area contributed by atoms with E-state index in [1.165, 1.54) is 16.1 Å². The molecule has 2 aromatic rings. The lowest BCUT2D eigenvalue weighted by Gasteiger charge is -2.17. The van der Waals surface area contributed by atoms with E-state index in [1.54, 1.807) is 31.5 Å². The highest BCUT2D eigenvalue weighted by Crippen LogP contribution is 2.27. The number of hydrogen-bond acceptors (Lipinski definition) is 4. The van der Waals surface area contributed by atoms with Gasteiger partial charge in [0.05, 0.1) is 17.4 Å². The summed E-state index contributed by atoms with van der Waals surface area (Å²) < 4.78 is 31.3. The van der Waals surface area contributed by atoms with Gasteiger partial charge in [0.2, 0.25) is 10.0 Å². The lowest BCUT2D eigenvalue weighted by atomic mass is 10.2. The second-order valence-corrected chi connectivity index (χ2v) is 6.93. The zero-order valence-corrected chi connectivity index (χ0v) is 12.0. The molecule has 1 aliphatic rings. The highest BCUT2D eigenvalue weighted by atomic mass is 32.2. The largest absolute Gasteiger partial charge is 0.472 e. The molecule has 1 N–H and O–H groups in total. The standard InChI is InChI=1S/C14H16N2O3S/c1-16(9-11-5-7-19-10-11)20(17,18)13-3-2-12-4-6-15-14(12)8-13/h2-3,5,7-8,10,15H,4,6,9H2,1H3. The fourth-order valence-electron chi connectivity index (χ4n) is 2.34. The molecule has 0 fully saturated rings. The maximum Gasteiger partial charge on any atom is 0.243 e. The van der Waals surface area contributed by atoms with Gasteiger partial charge in [-0.3, -0.25) is 0 Å². The molecule has 1 aliphatic heterocycles. The molecule has 20 heavy (non-hydrogen) atoms. The first-order valence-electron chi connectivity index (χ1n) is 6.41. The van der Waals surface area contributed by atoms with Gasteiger partial charge in [0.25, 0.3) is 0 Å². The topological polar surface area (TPSA) is 62.6 Å². The quantitative estimate of drug-likeness (QED) is 0.937. The van der Waals surface area contributed by atoms with Crippen molar-refractivity contribution >= 4 is 15.7 Å². The van der Waals surface area contributed by atoms with Gasteiger partial charge in [-0.1, -0.05) is 6.07 Å². The van der Waals surface area contributed by atoms with Crippen LogP contribution in [0.2, 0.25) is 0 Å². The Morgan fingerprint density at radius 1 is 1.35 bits per heavy atom. The zero-order valence-electron chi connectivity index (χ0n) is 11.2. The van der Waals surface area contributed by atoms with E-state index in [1.807, 2.05) is 6.07 Å². The van der Waals surface area contributed by atoms with Crippen molar-refractivity contribution in [3.05, 3.63) is 47.9 Å². The molecule has 0 saturated heterocycles. The maximum atomic E-state index is 12.5. The second-order valence-electron chi connectivity index (χ2n) is 4.89. The minimum absolute atomic E-state index is 0.295. The lowest BCUT2D eigenvalue weighted by molar-refractivity contribution is 0.463. The van der Waals surface area contributed by atoms with Crippen molar-refractivity contribution in [2.75, 3.05) is 18.9 Å². The van der Waals surface area contributed by atoms with Gasteiger partial charge in [0, 0.05) is 31.4 Å². The number of nitrogens with zero attached hydrogens (tertiary/aromatic N) is 1. The molecule has 0 spiro atoms. The predicted molar refractivity (Wildman–Crippen MR) is 76.0 cm³/mol. The fourth-order valence-corrected chi connectivity index (χ4v) is 3.52. The average Bonchev–Trinajstić information content (AvgIpc) is 3.07. The summed E-state index contributed by atoms with van der Waals surface area (Å²) in [6.45, 7) is 1.16. The van der Waals surface area contributed by atoms with Crippen LogP contribution in [0.25, 0.3) is 0 Å². The minimum Gasteiger partial charge on any atom is -0.472 e. The van der Waals surface area contributed by atoms with E-state index in [2.05, 4.69) is 5.32 Å². The van der Waals surface area contributed by atoms with E-state index in [9.17, 15) is 8.42 Å². The molecule has 6 heteroatoms. The molecule has 0 aliphatic carbocycles. The molecule has 5 nitrogen and oxygen atoms in total. The van der Waals surface area contributed by atoms with Gasteiger partial charge in [-0.2, -0.15) is 4.31 Å². The number of anilines is 1. The molecule has 0 amide bonds. The average molecular weight is 292 g/mol. The fraction of sp³-hybridized carbons (Fsp3) is 0.286. The summed E-state index contributed by atoms with van der Waals surface area (Å²) in [5.74, 6) is 0. The molecule has 0 bridgehead atoms. The Morgan fingerprint density at radius 2 is 2.20 bits per heavy atom. The Morgan fingerprint density at radius 3 is 2.95 bits per heavy atom. The number of furan rings is 1. The zero-order chi connectivity index (χ0) is 14.2. The summed E-state index contributed by atoms with van der Waals surface area (Å²) in [7, 11) is -1.91. The van der Waals surface area contributed by atoms with Gasteiger partial charge in [-0.25, -0.2) is 8.42 Å². The number of benzene rings is 1. The van der Waals surface area contributed by atoms with Gasteiger partial charge < -0.3 is 9.73 Å². The lowest BCUT2D eigenvalue weighted by Crippen LogP contribution is -2.26. The van der Waals surface area contributed by atoms with Crippen molar-refractivity contribution in [2.45, 2.75) is 17.9 Å². The van der Waals surface area contributed by atoms with Crippen molar-refractivity contribution in [3.63, 3.8) is 0 Å². The summed E-state index contributed by atoms with van der Waals surface area (Å²) >= 11 is 0. The highest BCUT2D eigenvalue weighted by molar-refractivity contribution is 7.89. The number of rotatable bonds is 4. The summed E-state index contributed by atoms with van der Waals surface area (Å²) in [4.78, 5) is 0.316. The summed E-state index contributed by atoms with van der Waals surface area (Å²) in [6, 6.07) is 7.03. The summed E-state index contributed by atoms with van der Waals surface area (Å²) in [6.07, 6.45) is 4.03. The van der Waals surface area contributed by atoms with Gasteiger partial charge >= 0.3 is 0 Å². The molecule has 0 saturated carbocycles. The van der Waals surface area contributed by atoms with Crippen molar-refractivity contribution in [2.24, 2.45) is 0 Å². The van der Waals surface area contributed by atoms with Crippen molar-refractivity contribution < 1.29 is 12.8 Å². The summed E-state index contributed by atoms with van der Waals surface area (Å²) in [5.41, 5.74) is 2.92. The SMILES string of the molecule is CN(Cc1ccoc1)S(=O)(=O)c1ccc2c(c1)NCC2. The van der Waals surface area contributed by atoms with Gasteiger partial charge in [-0.15, -0.1) is 0 Å². The van der Waals surface area contributed by atoms with Crippen LogP contribution in [0.4, 0.5) is 5.69 Å². The third kappa shape index (κ3) is 2.32. The van der Waals surface area contributed by atoms with Crippen LogP contribution in [-0.2, 0) is 23.0 Å². The highest BCUT2D eigenvalue weighted by Gasteiger charge is 2.23. The first-order chi connectivity index (χ1) is 9.57. The summed E-state index contributed by atoms with van der Waals surface area (Å²) in [5, 5.41) is 3.20. The molecule has 2 heterocycles. The Hall–Kier alpha value is -1.79. The van der Waals surface area contributed by atoms with E-state index in [4.69, 9.17) is 4.42 Å². The van der Waals surface area contributed by atoms with E-state index < -0.39 is 10.0 Å². The van der Waals surface area contributed by atoms with E-state index in [-0.39, 0.29) is 0 Å². The Labute approximate surface area is 118 Å². The van der Waals surface area contributed by atoms with Gasteiger partial charge in [0.1, 0.15) is 0 Å². The van der Waals surface area contributed by atoms with Crippen LogP contribution < -0.4 is 5.32 Å². The van der Waals surface area contributed by atoms with Crippen LogP contribution in [0.3, 0.4) is 0 Å². The number of sulfonamides is 1. The van der Waals surface area contributed by atoms with E-state index in [0.717, 1.165) is 24.2 Å². The van der Waals surface area contributed by atoms with E-state index in [0.29, 0.717) is 11.4 Å². The van der Waals surface area contributed by atoms with Crippen molar-refractivity contribution in [3.8, 4) is 0 Å². The third-order valence-electron chi connectivity index (χ3n) is 3.48. The van der Waals surface area contributed by atoms with E-state index >= 15 is 0 Å². The minimum atomic E-state index is -3.48. The molecule has 1 aromatic carbocycles. The van der Waals surface area contributed by atoms with Crippen LogP contribution in [0.1, 0.15) is 11.1 Å². The molecule has 1 aromatic heterocycles. The van der Waals surface area contributed by atoms with Crippen molar-refractivity contribution in [1.29, 1.82) is 0 Å². The normalized spacial score (nSPS) is 14.3. The Balaban J connectivity index is 1.87. The molecule has 106 valence electrons. The molecule has 0 atom stereocenters. The first kappa shape index (κ1) is 13.2. The Bertz CT molecular complexity index is 708. The molecular formula is C14H16N2O3S. The monoisotopic (exact) mass is 292 g/mol. The van der Waals surface area contributed by atoms with Crippen molar-refractivity contribution in [1.82, 2.24) is 4.31 Å². The first-order valence-corrected chi connectivity index (χ1v) is 7.85. The van der Waals surface area contributed by atoms with Crippen LogP contribution in [0.5, 0.6) is 0 Å². The molecule has 3 rings (SSSR count). The van der Waals surface area contributed by atoms with Crippen LogP contribution in [-0.4, -0.2) is 26.3 Å². The number of fused-ring (bicyclic) bond motifs is 1. The number of hydrogen-bond donors (Lipinski definition) is 1. The predicted octanol–water partition coefficient (Wildman–Crippen LogP) is 2.07. The van der Waals surface area contributed by atoms with Crippen LogP contribution in [0, 0.1) is 0 Å². The number of nitrogens with one attached hydrogen (secondary N) is 1. The van der Waals surface area contributed by atoms with Gasteiger partial charge in [0.15, 0.2) is 0 Å². The smallest absolute Gasteiger partial charge is 0.243 e. The molecule has 0 unspecified atom stereocenters. The van der Waals surface area contributed by atoms with Gasteiger partial charge in [-0.05, 0) is 30.2 Å². The maximum absolute atomic E-state index is 12.5. The van der Waals surface area contributed by atoms with Crippen LogP contribution >= 0.6 is 0 Å². The Kier molecular flexibility index (Phi) is 3.27. The third-order valence-corrected chi connectivity index (χ3v) is 5.28.